The third-order valence-electron chi connectivity index (χ3n) is 2.20. The van der Waals surface area contributed by atoms with E-state index in [1.54, 1.807) is 0 Å². The molecule has 0 amide bonds. The van der Waals surface area contributed by atoms with Gasteiger partial charge in [0.2, 0.25) is 0 Å². The highest BCUT2D eigenvalue weighted by Crippen LogP contribution is 2.30. The number of benzene rings is 1. The van der Waals surface area contributed by atoms with Crippen LogP contribution in [0.4, 0.5) is 11.4 Å². The van der Waals surface area contributed by atoms with Crippen LogP contribution in [0.1, 0.15) is 19.4 Å². The van der Waals surface area contributed by atoms with Gasteiger partial charge in [-0.1, -0.05) is 12.1 Å². The van der Waals surface area contributed by atoms with Crippen LogP contribution in [0.2, 0.25) is 0 Å². The van der Waals surface area contributed by atoms with Crippen LogP contribution in [-0.4, -0.2) is 13.4 Å². The van der Waals surface area contributed by atoms with Crippen molar-refractivity contribution in [2.75, 3.05) is 0 Å². The lowest BCUT2D eigenvalue weighted by molar-refractivity contribution is 1.44. The fourth-order valence-corrected chi connectivity index (χ4v) is 1.20. The molecule has 0 atom stereocenters. The average Bonchev–Trinajstić information content (AvgIpc) is 2.26. The van der Waals surface area contributed by atoms with Crippen molar-refractivity contribution in [2.24, 2.45) is 9.98 Å². The van der Waals surface area contributed by atoms with Crippen molar-refractivity contribution >= 4 is 30.4 Å². The molecule has 0 N–H and O–H groups in total. The molecule has 0 aliphatic heterocycles. The molecule has 0 heterocycles. The minimum absolute atomic E-state index is 0.771. The van der Waals surface area contributed by atoms with Gasteiger partial charge in [0.15, 0.2) is 0 Å². The van der Waals surface area contributed by atoms with E-state index in [9.17, 15) is 0 Å². The number of allylic oxidation sites excluding steroid dienone is 2. The standard InChI is InChI=1S/C12H14N2/c1-5-9(2)10-6-7-11(13-3)12(8-10)14-4/h5-8H,3-4H2,1-2H3/b9-5-. The van der Waals surface area contributed by atoms with Crippen LogP contribution in [0.3, 0.4) is 0 Å². The van der Waals surface area contributed by atoms with Crippen LogP contribution < -0.4 is 0 Å². The van der Waals surface area contributed by atoms with Crippen molar-refractivity contribution in [3.8, 4) is 0 Å². The molecule has 2 nitrogen and oxygen atoms in total. The first-order chi connectivity index (χ1) is 6.72. The smallest absolute Gasteiger partial charge is 0.0884 e. The minimum Gasteiger partial charge on any atom is -0.262 e. The van der Waals surface area contributed by atoms with E-state index in [1.807, 2.05) is 25.1 Å². The van der Waals surface area contributed by atoms with E-state index >= 15 is 0 Å². The molecule has 0 aromatic heterocycles. The van der Waals surface area contributed by atoms with E-state index in [0.29, 0.717) is 0 Å². The average molecular weight is 186 g/mol. The Morgan fingerprint density at radius 1 is 1.21 bits per heavy atom. The first-order valence-corrected chi connectivity index (χ1v) is 4.43. The number of hydrogen-bond acceptors (Lipinski definition) is 2. The zero-order valence-electron chi connectivity index (χ0n) is 8.62. The maximum Gasteiger partial charge on any atom is 0.0884 e. The van der Waals surface area contributed by atoms with Crippen LogP contribution in [0.5, 0.6) is 0 Å². The van der Waals surface area contributed by atoms with Crippen LogP contribution in [0.25, 0.3) is 5.57 Å². The summed E-state index contributed by atoms with van der Waals surface area (Å²) in [5, 5.41) is 0. The van der Waals surface area contributed by atoms with Gasteiger partial charge in [-0.25, -0.2) is 0 Å². The molecule has 14 heavy (non-hydrogen) atoms. The Labute approximate surface area is 84.7 Å². The van der Waals surface area contributed by atoms with Crippen molar-refractivity contribution in [3.05, 3.63) is 29.8 Å². The molecular weight excluding hydrogens is 172 g/mol. The van der Waals surface area contributed by atoms with Gasteiger partial charge in [-0.15, -0.1) is 0 Å². The highest BCUT2D eigenvalue weighted by Gasteiger charge is 2.01. The molecule has 0 radical (unpaired) electrons. The van der Waals surface area contributed by atoms with Gasteiger partial charge in [0, 0.05) is 0 Å². The van der Waals surface area contributed by atoms with Crippen LogP contribution in [0, 0.1) is 0 Å². The zero-order valence-corrected chi connectivity index (χ0v) is 8.62. The Balaban J connectivity index is 3.27. The predicted octanol–water partition coefficient (Wildman–Crippen LogP) is 3.77. The number of nitrogens with zero attached hydrogens (tertiary/aromatic N) is 2. The molecule has 0 aliphatic carbocycles. The van der Waals surface area contributed by atoms with Crippen LogP contribution in [0.15, 0.2) is 34.3 Å². The second-order valence-electron chi connectivity index (χ2n) is 2.99. The van der Waals surface area contributed by atoms with Gasteiger partial charge in [-0.05, 0) is 50.6 Å². The quantitative estimate of drug-likeness (QED) is 0.642. The molecule has 1 aromatic carbocycles. The third kappa shape index (κ3) is 1.96. The number of aliphatic imine (C=N–C) groups is 2. The summed E-state index contributed by atoms with van der Waals surface area (Å²) in [6.07, 6.45) is 2.06. The molecule has 0 saturated heterocycles. The van der Waals surface area contributed by atoms with E-state index in [1.165, 1.54) is 5.57 Å². The summed E-state index contributed by atoms with van der Waals surface area (Å²) in [4.78, 5) is 7.77. The fourth-order valence-electron chi connectivity index (χ4n) is 1.20. The molecule has 0 bridgehead atoms. The Kier molecular flexibility index (Phi) is 3.35. The largest absolute Gasteiger partial charge is 0.262 e. The van der Waals surface area contributed by atoms with Crippen molar-refractivity contribution in [1.29, 1.82) is 0 Å². The molecule has 0 saturated carbocycles. The second-order valence-corrected chi connectivity index (χ2v) is 2.99. The van der Waals surface area contributed by atoms with E-state index < -0.39 is 0 Å². The highest BCUT2D eigenvalue weighted by molar-refractivity contribution is 5.74. The van der Waals surface area contributed by atoms with Gasteiger partial charge in [0.1, 0.15) is 0 Å². The SMILES string of the molecule is C=Nc1ccc(/C(C)=C\C)cc1N=C. The van der Waals surface area contributed by atoms with Gasteiger partial charge < -0.3 is 0 Å². The van der Waals surface area contributed by atoms with Crippen molar-refractivity contribution < 1.29 is 0 Å². The molecule has 0 spiro atoms. The van der Waals surface area contributed by atoms with Gasteiger partial charge in [0.25, 0.3) is 0 Å². The van der Waals surface area contributed by atoms with Gasteiger partial charge in [0.05, 0.1) is 11.4 Å². The Hall–Kier alpha value is -1.70. The second kappa shape index (κ2) is 4.51. The summed E-state index contributed by atoms with van der Waals surface area (Å²) in [6.45, 7) is 11.1. The summed E-state index contributed by atoms with van der Waals surface area (Å²) in [5.41, 5.74) is 3.90. The normalized spacial score (nSPS) is 11.1. The topological polar surface area (TPSA) is 24.7 Å². The molecule has 1 rings (SSSR count). The monoisotopic (exact) mass is 186 g/mol. The fraction of sp³-hybridized carbons (Fsp3) is 0.167. The Morgan fingerprint density at radius 2 is 1.86 bits per heavy atom. The molecule has 1 aromatic rings. The van der Waals surface area contributed by atoms with E-state index in [0.717, 1.165) is 16.9 Å². The Bertz CT molecular complexity index is 389. The van der Waals surface area contributed by atoms with Crippen molar-refractivity contribution in [2.45, 2.75) is 13.8 Å². The van der Waals surface area contributed by atoms with Crippen molar-refractivity contribution in [3.63, 3.8) is 0 Å². The molecular formula is C12H14N2. The number of rotatable bonds is 3. The molecule has 2 heteroatoms. The maximum absolute atomic E-state index is 3.91. The predicted molar refractivity (Wildman–Crippen MR) is 64.2 cm³/mol. The zero-order chi connectivity index (χ0) is 10.6. The summed E-state index contributed by atoms with van der Waals surface area (Å²) in [7, 11) is 0. The first-order valence-electron chi connectivity index (χ1n) is 4.43. The molecule has 0 aliphatic rings. The lowest BCUT2D eigenvalue weighted by Crippen LogP contribution is -1.78. The lowest BCUT2D eigenvalue weighted by Gasteiger charge is -2.04. The van der Waals surface area contributed by atoms with Crippen molar-refractivity contribution in [1.82, 2.24) is 0 Å². The Morgan fingerprint density at radius 3 is 2.36 bits per heavy atom. The summed E-state index contributed by atoms with van der Waals surface area (Å²) in [6, 6.07) is 5.87. The highest BCUT2D eigenvalue weighted by atomic mass is 14.8. The van der Waals surface area contributed by atoms with Crippen LogP contribution in [-0.2, 0) is 0 Å². The first kappa shape index (κ1) is 10.4. The molecule has 72 valence electrons. The minimum atomic E-state index is 0.771. The summed E-state index contributed by atoms with van der Waals surface area (Å²) < 4.78 is 0. The van der Waals surface area contributed by atoms with Gasteiger partial charge in [-0.2, -0.15) is 0 Å². The lowest BCUT2D eigenvalue weighted by atomic mass is 10.1. The summed E-state index contributed by atoms with van der Waals surface area (Å²) in [5.74, 6) is 0. The summed E-state index contributed by atoms with van der Waals surface area (Å²) >= 11 is 0. The van der Waals surface area contributed by atoms with Crippen LogP contribution >= 0.6 is 0 Å². The third-order valence-corrected chi connectivity index (χ3v) is 2.20. The van der Waals surface area contributed by atoms with E-state index in [2.05, 4.69) is 36.4 Å². The van der Waals surface area contributed by atoms with E-state index in [4.69, 9.17) is 0 Å². The van der Waals surface area contributed by atoms with E-state index in [-0.39, 0.29) is 0 Å². The number of hydrogen-bond donors (Lipinski definition) is 0. The molecule has 0 unspecified atom stereocenters. The maximum atomic E-state index is 3.91. The van der Waals surface area contributed by atoms with Gasteiger partial charge >= 0.3 is 0 Å². The van der Waals surface area contributed by atoms with Gasteiger partial charge in [-0.3, -0.25) is 9.98 Å². The molecule has 0 fully saturated rings.